The van der Waals surface area contributed by atoms with E-state index in [0.717, 1.165) is 16.3 Å². The average Bonchev–Trinajstić information content (AvgIpc) is 3.24. The van der Waals surface area contributed by atoms with Crippen molar-refractivity contribution in [3.8, 4) is 0 Å². The summed E-state index contributed by atoms with van der Waals surface area (Å²) in [6.45, 7) is 3.55. The van der Waals surface area contributed by atoms with Crippen LogP contribution in [0.3, 0.4) is 0 Å². The molecule has 1 atom stereocenters. The van der Waals surface area contributed by atoms with Crippen molar-refractivity contribution in [3.63, 3.8) is 0 Å². The third-order valence-electron chi connectivity index (χ3n) is 6.40. The first-order chi connectivity index (χ1) is 17.1. The summed E-state index contributed by atoms with van der Waals surface area (Å²) in [7, 11) is 0. The molecule has 0 radical (unpaired) electrons. The van der Waals surface area contributed by atoms with Gasteiger partial charge in [0, 0.05) is 19.2 Å². The van der Waals surface area contributed by atoms with E-state index in [9.17, 15) is 28.3 Å². The summed E-state index contributed by atoms with van der Waals surface area (Å²) >= 11 is 0. The van der Waals surface area contributed by atoms with Crippen LogP contribution in [0.5, 0.6) is 0 Å². The molecule has 4 rings (SSSR count). The first-order valence-corrected chi connectivity index (χ1v) is 11.3. The second kappa shape index (κ2) is 9.84. The van der Waals surface area contributed by atoms with E-state index in [4.69, 9.17) is 0 Å². The molecule has 0 saturated carbocycles. The Morgan fingerprint density at radius 2 is 1.86 bits per heavy atom. The molecule has 9 nitrogen and oxygen atoms in total. The minimum atomic E-state index is -0.859. The SMILES string of the molecule is Cc1cc(CNC(=O)c2cc(C(=O)NCC3=CCC(C)(C(=O)O)CC3)n3ncc(F)c3n2)ccc1F. The van der Waals surface area contributed by atoms with Crippen molar-refractivity contribution in [1.82, 2.24) is 25.2 Å². The van der Waals surface area contributed by atoms with Gasteiger partial charge in [-0.1, -0.05) is 23.8 Å². The number of benzene rings is 1. The van der Waals surface area contributed by atoms with E-state index < -0.39 is 29.0 Å². The van der Waals surface area contributed by atoms with Crippen molar-refractivity contribution in [2.75, 3.05) is 6.54 Å². The maximum Gasteiger partial charge on any atom is 0.309 e. The predicted octanol–water partition coefficient (Wildman–Crippen LogP) is 3.18. The molecule has 3 aromatic rings. The van der Waals surface area contributed by atoms with E-state index >= 15 is 0 Å². The lowest BCUT2D eigenvalue weighted by Crippen LogP contribution is -2.33. The van der Waals surface area contributed by atoms with Crippen LogP contribution in [0.4, 0.5) is 8.78 Å². The molecule has 188 valence electrons. The van der Waals surface area contributed by atoms with Crippen LogP contribution in [-0.4, -0.2) is 44.0 Å². The number of carboxylic acids is 1. The normalized spacial score (nSPS) is 17.5. The zero-order valence-electron chi connectivity index (χ0n) is 19.8. The smallest absolute Gasteiger partial charge is 0.309 e. The van der Waals surface area contributed by atoms with Gasteiger partial charge in [-0.25, -0.2) is 18.3 Å². The molecule has 0 spiro atoms. The number of halogens is 2. The Balaban J connectivity index is 1.50. The Morgan fingerprint density at radius 3 is 2.53 bits per heavy atom. The van der Waals surface area contributed by atoms with E-state index in [-0.39, 0.29) is 35.9 Å². The highest BCUT2D eigenvalue weighted by atomic mass is 19.1. The number of carbonyl (C=O) groups is 3. The Bertz CT molecular complexity index is 1400. The maximum atomic E-state index is 14.3. The van der Waals surface area contributed by atoms with Crippen LogP contribution in [-0.2, 0) is 11.3 Å². The molecule has 1 aliphatic rings. The molecule has 0 bridgehead atoms. The van der Waals surface area contributed by atoms with E-state index in [1.807, 2.05) is 6.08 Å². The number of hydrogen-bond donors (Lipinski definition) is 3. The van der Waals surface area contributed by atoms with Crippen LogP contribution < -0.4 is 10.6 Å². The fourth-order valence-corrected chi connectivity index (χ4v) is 3.95. The standard InChI is InChI=1S/C25H25F2N5O4/c1-14-9-16(3-4-17(14)26)12-28-22(33)19-10-20(32-21(31-19)18(27)13-30-32)23(34)29-11-15-5-7-25(2,8-6-15)24(35)36/h3-5,9-10,13H,6-8,11-12H2,1-2H3,(H,28,33)(H,29,34)(H,35,36). The molecule has 2 aromatic heterocycles. The third-order valence-corrected chi connectivity index (χ3v) is 6.40. The van der Waals surface area contributed by atoms with Crippen LogP contribution in [0.2, 0.25) is 0 Å². The second-order valence-electron chi connectivity index (χ2n) is 9.14. The molecule has 0 saturated heterocycles. The molecule has 1 aromatic carbocycles. The van der Waals surface area contributed by atoms with E-state index in [2.05, 4.69) is 20.7 Å². The van der Waals surface area contributed by atoms with Crippen LogP contribution >= 0.6 is 0 Å². The van der Waals surface area contributed by atoms with E-state index in [0.29, 0.717) is 30.4 Å². The van der Waals surface area contributed by atoms with E-state index in [1.165, 1.54) is 18.2 Å². The minimum Gasteiger partial charge on any atom is -0.481 e. The molecule has 36 heavy (non-hydrogen) atoms. The van der Waals surface area contributed by atoms with Gasteiger partial charge in [0.1, 0.15) is 17.2 Å². The highest BCUT2D eigenvalue weighted by Crippen LogP contribution is 2.35. The summed E-state index contributed by atoms with van der Waals surface area (Å²) in [6.07, 6.45) is 4.03. The highest BCUT2D eigenvalue weighted by Gasteiger charge is 2.34. The topological polar surface area (TPSA) is 126 Å². The summed E-state index contributed by atoms with van der Waals surface area (Å²) in [6, 6.07) is 5.65. The molecule has 11 heteroatoms. The fraction of sp³-hybridized carbons (Fsp3) is 0.320. The summed E-state index contributed by atoms with van der Waals surface area (Å²) in [4.78, 5) is 41.1. The zero-order valence-corrected chi connectivity index (χ0v) is 19.8. The predicted molar refractivity (Wildman–Crippen MR) is 125 cm³/mol. The number of carboxylic acid groups (broad SMARTS) is 1. The Kier molecular flexibility index (Phi) is 6.82. The van der Waals surface area contributed by atoms with Gasteiger partial charge in [-0.2, -0.15) is 5.10 Å². The molecular formula is C25H25F2N5O4. The van der Waals surface area contributed by atoms with E-state index in [1.54, 1.807) is 19.9 Å². The van der Waals surface area contributed by atoms with Crippen molar-refractivity contribution in [1.29, 1.82) is 0 Å². The Morgan fingerprint density at radius 1 is 1.11 bits per heavy atom. The van der Waals surface area contributed by atoms with Gasteiger partial charge in [-0.05, 0) is 50.3 Å². The largest absolute Gasteiger partial charge is 0.481 e. The number of fused-ring (bicyclic) bond motifs is 1. The highest BCUT2D eigenvalue weighted by molar-refractivity contribution is 5.98. The van der Waals surface area contributed by atoms with Crippen molar-refractivity contribution < 1.29 is 28.3 Å². The van der Waals surface area contributed by atoms with Gasteiger partial charge in [-0.15, -0.1) is 0 Å². The number of amides is 2. The number of aryl methyl sites for hydroxylation is 1. The number of carbonyl (C=O) groups excluding carboxylic acids is 2. The van der Waals surface area contributed by atoms with Crippen molar-refractivity contribution in [2.45, 2.75) is 39.7 Å². The van der Waals surface area contributed by atoms with Gasteiger partial charge >= 0.3 is 5.97 Å². The lowest BCUT2D eigenvalue weighted by molar-refractivity contribution is -0.148. The molecule has 2 amide bonds. The van der Waals surface area contributed by atoms with Crippen LogP contribution in [0.1, 0.15) is 58.3 Å². The molecule has 2 heterocycles. The number of hydrogen-bond acceptors (Lipinski definition) is 5. The second-order valence-corrected chi connectivity index (χ2v) is 9.14. The third kappa shape index (κ3) is 5.09. The summed E-state index contributed by atoms with van der Waals surface area (Å²) in [5.74, 6) is -3.25. The van der Waals surface area contributed by atoms with Gasteiger partial charge in [0.2, 0.25) is 0 Å². The first-order valence-electron chi connectivity index (χ1n) is 11.3. The number of rotatable bonds is 7. The maximum absolute atomic E-state index is 14.3. The zero-order chi connectivity index (χ0) is 26.0. The van der Waals surface area contributed by atoms with Gasteiger partial charge in [0.25, 0.3) is 11.8 Å². The molecule has 3 N–H and O–H groups in total. The lowest BCUT2D eigenvalue weighted by atomic mass is 9.76. The van der Waals surface area contributed by atoms with Crippen molar-refractivity contribution in [2.24, 2.45) is 5.41 Å². The monoisotopic (exact) mass is 497 g/mol. The van der Waals surface area contributed by atoms with Gasteiger partial charge in [0.05, 0.1) is 11.6 Å². The van der Waals surface area contributed by atoms with Crippen molar-refractivity contribution >= 4 is 23.4 Å². The molecule has 1 unspecified atom stereocenters. The van der Waals surface area contributed by atoms with Gasteiger partial charge in [-0.3, -0.25) is 14.4 Å². The van der Waals surface area contributed by atoms with Crippen LogP contribution in [0, 0.1) is 24.0 Å². The summed E-state index contributed by atoms with van der Waals surface area (Å²) in [5, 5.41) is 18.6. The van der Waals surface area contributed by atoms with Crippen molar-refractivity contribution in [3.05, 3.63) is 76.3 Å². The summed E-state index contributed by atoms with van der Waals surface area (Å²) in [5.41, 5.74) is 0.607. The summed E-state index contributed by atoms with van der Waals surface area (Å²) < 4.78 is 28.8. The minimum absolute atomic E-state index is 0.0828. The van der Waals surface area contributed by atoms with Crippen LogP contribution in [0.15, 0.2) is 42.1 Å². The molecule has 1 aliphatic carbocycles. The first kappa shape index (κ1) is 25.0. The number of aliphatic carboxylic acids is 1. The Hall–Kier alpha value is -4.15. The Labute approximate surface area is 205 Å². The van der Waals surface area contributed by atoms with Gasteiger partial charge in [0.15, 0.2) is 11.5 Å². The quantitative estimate of drug-likeness (QED) is 0.431. The number of aromatic nitrogens is 3. The molecule has 0 aliphatic heterocycles. The molecular weight excluding hydrogens is 472 g/mol. The number of allylic oxidation sites excluding steroid dienone is 1. The molecule has 0 fully saturated rings. The number of nitrogens with zero attached hydrogens (tertiary/aromatic N) is 3. The fourth-order valence-electron chi connectivity index (χ4n) is 3.95. The average molecular weight is 498 g/mol. The van der Waals surface area contributed by atoms with Gasteiger partial charge < -0.3 is 15.7 Å². The number of nitrogens with one attached hydrogen (secondary N) is 2. The lowest BCUT2D eigenvalue weighted by Gasteiger charge is -2.28. The van der Waals surface area contributed by atoms with Crippen LogP contribution in [0.25, 0.3) is 5.65 Å².